The Balaban J connectivity index is 1.95. The Hall–Kier alpha value is -1.48. The lowest BCUT2D eigenvalue weighted by Crippen LogP contribution is -2.37. The van der Waals surface area contributed by atoms with Crippen molar-refractivity contribution in [3.63, 3.8) is 0 Å². The molecule has 0 radical (unpaired) electrons. The molecular formula is C15H16ClFN2O3S2. The fourth-order valence-electron chi connectivity index (χ4n) is 1.88. The lowest BCUT2D eigenvalue weighted by Gasteiger charge is -2.15. The summed E-state index contributed by atoms with van der Waals surface area (Å²) < 4.78 is 39.4. The fourth-order valence-corrected chi connectivity index (χ4v) is 4.70. The van der Waals surface area contributed by atoms with Gasteiger partial charge in [0.1, 0.15) is 10.0 Å². The van der Waals surface area contributed by atoms with E-state index >= 15 is 0 Å². The molecule has 0 saturated carbocycles. The van der Waals surface area contributed by atoms with E-state index in [1.54, 1.807) is 19.1 Å². The standard InChI is InChI=1S/C15H16ClFN2O3S2/c1-10-3-4-11(7-12(10)17)8-18-14(20)9-19(2)24(21,22)15-6-5-13(16)23-15/h3-7H,8-9H2,1-2H3,(H,18,20). The number of nitrogens with zero attached hydrogens (tertiary/aromatic N) is 1. The molecule has 0 unspecified atom stereocenters. The van der Waals surface area contributed by atoms with Gasteiger partial charge in [0.15, 0.2) is 0 Å². The van der Waals surface area contributed by atoms with E-state index < -0.39 is 15.9 Å². The monoisotopic (exact) mass is 390 g/mol. The van der Waals surface area contributed by atoms with E-state index in [0.29, 0.717) is 15.5 Å². The van der Waals surface area contributed by atoms with Crippen LogP contribution in [0.15, 0.2) is 34.5 Å². The van der Waals surface area contributed by atoms with Crippen LogP contribution in [0.2, 0.25) is 4.34 Å². The molecule has 1 aromatic carbocycles. The maximum atomic E-state index is 13.4. The molecule has 2 aromatic rings. The number of sulfonamides is 1. The third-order valence-corrected chi connectivity index (χ3v) is 6.81. The lowest BCUT2D eigenvalue weighted by atomic mass is 10.1. The van der Waals surface area contributed by atoms with Crippen LogP contribution in [-0.4, -0.2) is 32.2 Å². The minimum absolute atomic E-state index is 0.0726. The van der Waals surface area contributed by atoms with Gasteiger partial charge in [0.2, 0.25) is 5.91 Å². The van der Waals surface area contributed by atoms with Crippen LogP contribution < -0.4 is 5.32 Å². The zero-order valence-corrected chi connectivity index (χ0v) is 15.4. The minimum atomic E-state index is -3.76. The quantitative estimate of drug-likeness (QED) is 0.824. The van der Waals surface area contributed by atoms with Crippen molar-refractivity contribution < 1.29 is 17.6 Å². The molecule has 24 heavy (non-hydrogen) atoms. The fraction of sp³-hybridized carbons (Fsp3) is 0.267. The molecule has 0 bridgehead atoms. The molecule has 0 aliphatic rings. The van der Waals surface area contributed by atoms with Crippen LogP contribution in [0.1, 0.15) is 11.1 Å². The molecule has 0 atom stereocenters. The number of amides is 1. The molecule has 1 aromatic heterocycles. The van der Waals surface area contributed by atoms with Crippen molar-refractivity contribution in [1.29, 1.82) is 0 Å². The molecule has 1 amide bonds. The first-order valence-corrected chi connectivity index (χ1v) is 9.57. The van der Waals surface area contributed by atoms with Crippen LogP contribution in [-0.2, 0) is 21.4 Å². The van der Waals surface area contributed by atoms with Crippen molar-refractivity contribution in [2.45, 2.75) is 17.7 Å². The van der Waals surface area contributed by atoms with E-state index in [-0.39, 0.29) is 23.1 Å². The predicted octanol–water partition coefficient (Wildman–Crippen LogP) is 2.79. The summed E-state index contributed by atoms with van der Waals surface area (Å²) in [5.74, 6) is -0.833. The Morgan fingerprint density at radius 2 is 2.04 bits per heavy atom. The van der Waals surface area contributed by atoms with Gasteiger partial charge in [-0.15, -0.1) is 11.3 Å². The topological polar surface area (TPSA) is 66.5 Å². The zero-order chi connectivity index (χ0) is 17.9. The number of hydrogen-bond acceptors (Lipinski definition) is 4. The van der Waals surface area contributed by atoms with Gasteiger partial charge in [-0.25, -0.2) is 12.8 Å². The smallest absolute Gasteiger partial charge is 0.252 e. The average Bonchev–Trinajstić information content (AvgIpc) is 2.95. The molecule has 0 aliphatic heterocycles. The second kappa shape index (κ2) is 7.60. The van der Waals surface area contributed by atoms with Crippen molar-refractivity contribution in [2.24, 2.45) is 0 Å². The van der Waals surface area contributed by atoms with Gasteiger partial charge < -0.3 is 5.32 Å². The predicted molar refractivity (Wildman–Crippen MR) is 92.1 cm³/mol. The van der Waals surface area contributed by atoms with Crippen molar-refractivity contribution in [2.75, 3.05) is 13.6 Å². The van der Waals surface area contributed by atoms with Crippen LogP contribution in [0.5, 0.6) is 0 Å². The van der Waals surface area contributed by atoms with Gasteiger partial charge in [-0.1, -0.05) is 23.7 Å². The summed E-state index contributed by atoms with van der Waals surface area (Å²) in [6.45, 7) is 1.43. The average molecular weight is 391 g/mol. The Bertz CT molecular complexity index is 852. The van der Waals surface area contributed by atoms with Gasteiger partial charge in [0.25, 0.3) is 10.0 Å². The van der Waals surface area contributed by atoms with Crippen molar-refractivity contribution in [1.82, 2.24) is 9.62 Å². The SMILES string of the molecule is Cc1ccc(CNC(=O)CN(C)S(=O)(=O)c2ccc(Cl)s2)cc1F. The second-order valence-electron chi connectivity index (χ2n) is 5.18. The highest BCUT2D eigenvalue weighted by atomic mass is 35.5. The number of benzene rings is 1. The highest BCUT2D eigenvalue weighted by Gasteiger charge is 2.24. The maximum absolute atomic E-state index is 13.4. The number of nitrogens with one attached hydrogen (secondary N) is 1. The van der Waals surface area contributed by atoms with Crippen molar-refractivity contribution in [3.05, 3.63) is 51.6 Å². The number of rotatable bonds is 6. The van der Waals surface area contributed by atoms with Crippen LogP contribution in [0.25, 0.3) is 0 Å². The van der Waals surface area contributed by atoms with Gasteiger partial charge in [-0.2, -0.15) is 4.31 Å². The second-order valence-corrected chi connectivity index (χ2v) is 9.17. The van der Waals surface area contributed by atoms with E-state index in [9.17, 15) is 17.6 Å². The molecule has 0 saturated heterocycles. The Labute approximate surface area is 149 Å². The first-order valence-electron chi connectivity index (χ1n) is 6.93. The molecule has 5 nitrogen and oxygen atoms in total. The number of hydrogen-bond donors (Lipinski definition) is 1. The molecule has 1 heterocycles. The summed E-state index contributed by atoms with van der Waals surface area (Å²) in [4.78, 5) is 11.9. The van der Waals surface area contributed by atoms with Crippen LogP contribution >= 0.6 is 22.9 Å². The summed E-state index contributed by atoms with van der Waals surface area (Å²) in [5, 5.41) is 2.57. The highest BCUT2D eigenvalue weighted by Crippen LogP contribution is 2.27. The third kappa shape index (κ3) is 4.54. The van der Waals surface area contributed by atoms with Crippen LogP contribution in [0.4, 0.5) is 4.39 Å². The summed E-state index contributed by atoms with van der Waals surface area (Å²) in [6, 6.07) is 7.54. The van der Waals surface area contributed by atoms with Gasteiger partial charge in [0.05, 0.1) is 10.9 Å². The Morgan fingerprint density at radius 3 is 2.62 bits per heavy atom. The summed E-state index contributed by atoms with van der Waals surface area (Å²) in [6.07, 6.45) is 0. The Morgan fingerprint density at radius 1 is 1.33 bits per heavy atom. The maximum Gasteiger partial charge on any atom is 0.252 e. The van der Waals surface area contributed by atoms with Gasteiger partial charge in [-0.05, 0) is 36.2 Å². The highest BCUT2D eigenvalue weighted by molar-refractivity contribution is 7.91. The number of carbonyl (C=O) groups is 1. The number of thiophene rings is 1. The van der Waals surface area contributed by atoms with E-state index in [4.69, 9.17) is 11.6 Å². The molecule has 9 heteroatoms. The van der Waals surface area contributed by atoms with Gasteiger partial charge in [0, 0.05) is 13.6 Å². The number of halogens is 2. The summed E-state index contributed by atoms with van der Waals surface area (Å²) >= 11 is 6.67. The van der Waals surface area contributed by atoms with E-state index in [2.05, 4.69) is 5.32 Å². The molecule has 0 aliphatic carbocycles. The normalized spacial score (nSPS) is 11.7. The third-order valence-electron chi connectivity index (χ3n) is 3.31. The number of aryl methyl sites for hydroxylation is 1. The van der Waals surface area contributed by atoms with Crippen LogP contribution in [0.3, 0.4) is 0 Å². The molecule has 0 spiro atoms. The lowest BCUT2D eigenvalue weighted by molar-refractivity contribution is -0.121. The largest absolute Gasteiger partial charge is 0.351 e. The van der Waals surface area contributed by atoms with E-state index in [0.717, 1.165) is 15.6 Å². The first-order chi connectivity index (χ1) is 11.2. The summed E-state index contributed by atoms with van der Waals surface area (Å²) in [7, 11) is -2.45. The number of carbonyl (C=O) groups excluding carboxylic acids is 1. The molecular weight excluding hydrogens is 375 g/mol. The Kier molecular flexibility index (Phi) is 5.97. The van der Waals surface area contributed by atoms with Gasteiger partial charge >= 0.3 is 0 Å². The number of likely N-dealkylation sites (N-methyl/N-ethyl adjacent to an activating group) is 1. The summed E-state index contributed by atoms with van der Waals surface area (Å²) in [5.41, 5.74) is 1.12. The van der Waals surface area contributed by atoms with Crippen molar-refractivity contribution >= 4 is 38.9 Å². The first kappa shape index (κ1) is 18.9. The van der Waals surface area contributed by atoms with E-state index in [1.807, 2.05) is 0 Å². The van der Waals surface area contributed by atoms with Gasteiger partial charge in [-0.3, -0.25) is 4.79 Å². The van der Waals surface area contributed by atoms with Crippen LogP contribution in [0, 0.1) is 12.7 Å². The molecule has 1 N–H and O–H groups in total. The van der Waals surface area contributed by atoms with Crippen molar-refractivity contribution in [3.8, 4) is 0 Å². The minimum Gasteiger partial charge on any atom is -0.351 e. The van der Waals surface area contributed by atoms with E-state index in [1.165, 1.54) is 25.2 Å². The molecule has 0 fully saturated rings. The molecule has 130 valence electrons. The molecule has 2 rings (SSSR count). The zero-order valence-electron chi connectivity index (χ0n) is 13.0.